The number of rotatable bonds is 6. The smallest absolute Gasteiger partial charge is 0.239 e. The Morgan fingerprint density at radius 1 is 1.17 bits per heavy atom. The summed E-state index contributed by atoms with van der Waals surface area (Å²) in [7, 11) is 3.28. The molecular formula is C23H25N3O4. The molecule has 4 rings (SSSR count). The number of hydrogen-bond donors (Lipinski definition) is 1. The highest BCUT2D eigenvalue weighted by Crippen LogP contribution is 2.40. The molecule has 1 atom stereocenters. The number of ether oxygens (including phenoxy) is 2. The summed E-state index contributed by atoms with van der Waals surface area (Å²) in [5, 5.41) is 6.66. The van der Waals surface area contributed by atoms with E-state index in [1.807, 2.05) is 30.3 Å². The molecule has 0 fully saturated rings. The monoisotopic (exact) mass is 407 g/mol. The molecule has 0 saturated heterocycles. The van der Waals surface area contributed by atoms with Crippen LogP contribution in [-0.2, 0) is 11.2 Å². The number of benzene rings is 2. The SMILES string of the molecule is COc1cc2c(cc1OC)C(c1ccccc1)N(CC(=O)Nc1cc(C)on1)CC2. The highest BCUT2D eigenvalue weighted by molar-refractivity contribution is 5.91. The van der Waals surface area contributed by atoms with Gasteiger partial charge in [-0.05, 0) is 42.2 Å². The number of hydrogen-bond acceptors (Lipinski definition) is 6. The van der Waals surface area contributed by atoms with Crippen LogP contribution in [0.4, 0.5) is 5.82 Å². The summed E-state index contributed by atoms with van der Waals surface area (Å²) in [4.78, 5) is 14.9. The molecule has 1 aliphatic heterocycles. The van der Waals surface area contributed by atoms with Crippen LogP contribution in [0.2, 0.25) is 0 Å². The Labute approximate surface area is 175 Å². The van der Waals surface area contributed by atoms with Crippen molar-refractivity contribution in [1.82, 2.24) is 10.1 Å². The first-order chi connectivity index (χ1) is 14.6. The zero-order valence-corrected chi connectivity index (χ0v) is 17.3. The second-order valence-electron chi connectivity index (χ2n) is 7.31. The Kier molecular flexibility index (Phi) is 5.72. The summed E-state index contributed by atoms with van der Waals surface area (Å²) in [6.07, 6.45) is 0.815. The second-order valence-corrected chi connectivity index (χ2v) is 7.31. The number of methoxy groups -OCH3 is 2. The molecule has 2 aromatic carbocycles. The highest BCUT2D eigenvalue weighted by Gasteiger charge is 2.31. The standard InChI is InChI=1S/C23H25N3O4/c1-15-11-21(25-30-15)24-22(27)14-26-10-9-17-12-19(28-2)20(29-3)13-18(17)23(26)16-7-5-4-6-8-16/h4-8,11-13,23H,9-10,14H2,1-3H3,(H,24,25,27). The van der Waals surface area contributed by atoms with Crippen molar-refractivity contribution in [1.29, 1.82) is 0 Å². The fraction of sp³-hybridized carbons (Fsp3) is 0.304. The Hall–Kier alpha value is -3.32. The second kappa shape index (κ2) is 8.59. The fourth-order valence-corrected chi connectivity index (χ4v) is 3.99. The number of anilines is 1. The third kappa shape index (κ3) is 4.02. The molecule has 0 aliphatic carbocycles. The van der Waals surface area contributed by atoms with Gasteiger partial charge in [-0.25, -0.2) is 0 Å². The number of carbonyl (C=O) groups excluding carboxylic acids is 1. The van der Waals surface area contributed by atoms with Crippen molar-refractivity contribution in [2.24, 2.45) is 0 Å². The Morgan fingerprint density at radius 3 is 2.57 bits per heavy atom. The minimum absolute atomic E-state index is 0.0699. The van der Waals surface area contributed by atoms with Gasteiger partial charge >= 0.3 is 0 Å². The van der Waals surface area contributed by atoms with Crippen LogP contribution in [0.3, 0.4) is 0 Å². The van der Waals surface area contributed by atoms with Gasteiger partial charge in [0.1, 0.15) is 5.76 Å². The Morgan fingerprint density at radius 2 is 1.90 bits per heavy atom. The van der Waals surface area contributed by atoms with E-state index in [1.165, 1.54) is 5.56 Å². The number of nitrogens with zero attached hydrogens (tertiary/aromatic N) is 2. The van der Waals surface area contributed by atoms with Gasteiger partial charge in [0.05, 0.1) is 26.8 Å². The predicted molar refractivity (Wildman–Crippen MR) is 113 cm³/mol. The largest absolute Gasteiger partial charge is 0.493 e. The van der Waals surface area contributed by atoms with Crippen LogP contribution in [0.25, 0.3) is 0 Å². The lowest BCUT2D eigenvalue weighted by atomic mass is 9.87. The van der Waals surface area contributed by atoms with Crippen molar-refractivity contribution < 1.29 is 18.8 Å². The van der Waals surface area contributed by atoms with E-state index in [9.17, 15) is 4.79 Å². The number of fused-ring (bicyclic) bond motifs is 1. The maximum Gasteiger partial charge on any atom is 0.239 e. The summed E-state index contributed by atoms with van der Waals surface area (Å²) < 4.78 is 16.1. The molecule has 1 N–H and O–H groups in total. The van der Waals surface area contributed by atoms with Crippen LogP contribution in [0.15, 0.2) is 53.1 Å². The lowest BCUT2D eigenvalue weighted by molar-refractivity contribution is -0.117. The van der Waals surface area contributed by atoms with Gasteiger partial charge in [-0.1, -0.05) is 35.5 Å². The predicted octanol–water partition coefficient (Wildman–Crippen LogP) is 3.59. The third-order valence-corrected chi connectivity index (χ3v) is 5.33. The first-order valence-corrected chi connectivity index (χ1v) is 9.86. The first-order valence-electron chi connectivity index (χ1n) is 9.86. The molecule has 0 bridgehead atoms. The van der Waals surface area contributed by atoms with E-state index in [0.717, 1.165) is 29.8 Å². The first kappa shape index (κ1) is 20.0. The number of carbonyl (C=O) groups is 1. The number of nitrogens with one attached hydrogen (secondary N) is 1. The van der Waals surface area contributed by atoms with Gasteiger partial charge in [0.2, 0.25) is 5.91 Å². The fourth-order valence-electron chi connectivity index (χ4n) is 3.99. The van der Waals surface area contributed by atoms with Gasteiger partial charge in [-0.15, -0.1) is 0 Å². The van der Waals surface area contributed by atoms with Crippen LogP contribution < -0.4 is 14.8 Å². The maximum absolute atomic E-state index is 12.7. The van der Waals surface area contributed by atoms with Crippen molar-refractivity contribution in [2.45, 2.75) is 19.4 Å². The zero-order chi connectivity index (χ0) is 21.1. The van der Waals surface area contributed by atoms with Gasteiger partial charge in [-0.2, -0.15) is 0 Å². The molecule has 7 heteroatoms. The molecule has 156 valence electrons. The molecule has 1 aromatic heterocycles. The number of aromatic nitrogens is 1. The maximum atomic E-state index is 12.7. The van der Waals surface area contributed by atoms with E-state index < -0.39 is 0 Å². The van der Waals surface area contributed by atoms with E-state index in [1.54, 1.807) is 27.2 Å². The summed E-state index contributed by atoms with van der Waals surface area (Å²) >= 11 is 0. The number of amides is 1. The van der Waals surface area contributed by atoms with Gasteiger partial charge in [0.25, 0.3) is 0 Å². The number of aryl methyl sites for hydroxylation is 1. The summed E-state index contributed by atoms with van der Waals surface area (Å²) in [6, 6.07) is 15.9. The lowest BCUT2D eigenvalue weighted by Gasteiger charge is -2.37. The van der Waals surface area contributed by atoms with Crippen molar-refractivity contribution in [3.63, 3.8) is 0 Å². The normalized spacial score (nSPS) is 16.0. The minimum Gasteiger partial charge on any atom is -0.493 e. The van der Waals surface area contributed by atoms with Crippen molar-refractivity contribution >= 4 is 11.7 Å². The molecule has 1 amide bonds. The quantitative estimate of drug-likeness (QED) is 0.673. The summed E-state index contributed by atoms with van der Waals surface area (Å²) in [6.45, 7) is 2.77. The van der Waals surface area contributed by atoms with E-state index in [0.29, 0.717) is 17.3 Å². The molecule has 0 radical (unpaired) electrons. The van der Waals surface area contributed by atoms with E-state index >= 15 is 0 Å². The van der Waals surface area contributed by atoms with Gasteiger partial charge in [-0.3, -0.25) is 9.69 Å². The Balaban J connectivity index is 1.66. The van der Waals surface area contributed by atoms with Gasteiger partial charge < -0.3 is 19.3 Å². The van der Waals surface area contributed by atoms with E-state index in [-0.39, 0.29) is 18.5 Å². The van der Waals surface area contributed by atoms with Crippen LogP contribution in [0.1, 0.15) is 28.5 Å². The van der Waals surface area contributed by atoms with Crippen LogP contribution in [0, 0.1) is 6.92 Å². The van der Waals surface area contributed by atoms with Crippen LogP contribution in [0.5, 0.6) is 11.5 Å². The average Bonchev–Trinajstić information content (AvgIpc) is 3.17. The molecule has 0 spiro atoms. The summed E-state index contributed by atoms with van der Waals surface area (Å²) in [5.41, 5.74) is 3.44. The molecule has 3 aromatic rings. The zero-order valence-electron chi connectivity index (χ0n) is 17.3. The average molecular weight is 407 g/mol. The minimum atomic E-state index is -0.131. The van der Waals surface area contributed by atoms with Crippen molar-refractivity contribution in [3.8, 4) is 11.5 Å². The van der Waals surface area contributed by atoms with Crippen molar-refractivity contribution in [3.05, 3.63) is 71.0 Å². The molecule has 2 heterocycles. The Bertz CT molecular complexity index is 1030. The molecule has 30 heavy (non-hydrogen) atoms. The van der Waals surface area contributed by atoms with E-state index in [2.05, 4.69) is 27.5 Å². The van der Waals surface area contributed by atoms with Gasteiger partial charge in [0, 0.05) is 12.6 Å². The molecule has 7 nitrogen and oxygen atoms in total. The van der Waals surface area contributed by atoms with Crippen molar-refractivity contribution in [2.75, 3.05) is 32.6 Å². The third-order valence-electron chi connectivity index (χ3n) is 5.33. The molecule has 0 saturated carbocycles. The van der Waals surface area contributed by atoms with E-state index in [4.69, 9.17) is 14.0 Å². The van der Waals surface area contributed by atoms with Gasteiger partial charge in [0.15, 0.2) is 17.3 Å². The lowest BCUT2D eigenvalue weighted by Crippen LogP contribution is -2.41. The highest BCUT2D eigenvalue weighted by atomic mass is 16.5. The topological polar surface area (TPSA) is 76.8 Å². The molecular weight excluding hydrogens is 382 g/mol. The molecule has 1 unspecified atom stereocenters. The van der Waals surface area contributed by atoms with Crippen LogP contribution >= 0.6 is 0 Å². The van der Waals surface area contributed by atoms with Crippen LogP contribution in [-0.4, -0.2) is 43.3 Å². The summed E-state index contributed by atoms with van der Waals surface area (Å²) in [5.74, 6) is 2.35. The molecule has 1 aliphatic rings.